The summed E-state index contributed by atoms with van der Waals surface area (Å²) in [7, 11) is 0. The van der Waals surface area contributed by atoms with E-state index in [-0.39, 0.29) is 24.8 Å². The van der Waals surface area contributed by atoms with Gasteiger partial charge in [0, 0.05) is 25.6 Å². The third-order valence-corrected chi connectivity index (χ3v) is 5.33. The molecule has 9 heteroatoms. The maximum atomic E-state index is 13.2. The predicted octanol–water partition coefficient (Wildman–Crippen LogP) is 3.93. The number of likely N-dealkylation sites (tertiary alicyclic amines) is 1. The lowest BCUT2D eigenvalue weighted by atomic mass is 10.0. The fraction of sp³-hybridized carbons (Fsp3) is 0.304. The zero-order valence-electron chi connectivity index (χ0n) is 17.0. The molecule has 0 saturated carbocycles. The second kappa shape index (κ2) is 8.94. The number of nitrogens with zero attached hydrogens (tertiary/aromatic N) is 1. The van der Waals surface area contributed by atoms with Crippen molar-refractivity contribution in [3.05, 3.63) is 65.2 Å². The highest BCUT2D eigenvalue weighted by molar-refractivity contribution is 5.92. The summed E-state index contributed by atoms with van der Waals surface area (Å²) in [6.45, 7) is 0.748. The van der Waals surface area contributed by atoms with Gasteiger partial charge in [-0.1, -0.05) is 18.2 Å². The van der Waals surface area contributed by atoms with Crippen molar-refractivity contribution in [3.63, 3.8) is 0 Å². The van der Waals surface area contributed by atoms with Gasteiger partial charge in [0.1, 0.15) is 0 Å². The van der Waals surface area contributed by atoms with Crippen LogP contribution >= 0.6 is 0 Å². The van der Waals surface area contributed by atoms with E-state index >= 15 is 0 Å². The minimum Gasteiger partial charge on any atom is -0.454 e. The van der Waals surface area contributed by atoms with E-state index in [9.17, 15) is 22.8 Å². The van der Waals surface area contributed by atoms with Crippen LogP contribution in [0.3, 0.4) is 0 Å². The van der Waals surface area contributed by atoms with Gasteiger partial charge >= 0.3 is 6.18 Å². The SMILES string of the molecule is O=C(/C=C/c1ccc2c(c1)OCO2)NC(CN1CCCC1=O)c1cccc(C(F)(F)F)c1. The second-order valence-electron chi connectivity index (χ2n) is 7.57. The number of benzene rings is 2. The van der Waals surface area contributed by atoms with Gasteiger partial charge in [0.25, 0.3) is 0 Å². The van der Waals surface area contributed by atoms with Gasteiger partial charge in [0.15, 0.2) is 11.5 Å². The predicted molar refractivity (Wildman–Crippen MR) is 110 cm³/mol. The van der Waals surface area contributed by atoms with E-state index in [2.05, 4.69) is 5.32 Å². The Morgan fingerprint density at radius 3 is 2.72 bits per heavy atom. The number of nitrogens with one attached hydrogen (secondary N) is 1. The molecular weight excluding hydrogens is 425 g/mol. The molecule has 2 aliphatic heterocycles. The molecular formula is C23H21F3N2O4. The molecule has 1 atom stereocenters. The number of fused-ring (bicyclic) bond motifs is 1. The molecule has 0 radical (unpaired) electrons. The number of rotatable bonds is 6. The van der Waals surface area contributed by atoms with Crippen LogP contribution in [0.1, 0.15) is 35.6 Å². The van der Waals surface area contributed by atoms with Crippen molar-refractivity contribution >= 4 is 17.9 Å². The Morgan fingerprint density at radius 1 is 1.16 bits per heavy atom. The highest BCUT2D eigenvalue weighted by atomic mass is 19.4. The summed E-state index contributed by atoms with van der Waals surface area (Å²) in [4.78, 5) is 26.2. The number of hydrogen-bond acceptors (Lipinski definition) is 4. The first-order valence-corrected chi connectivity index (χ1v) is 10.1. The van der Waals surface area contributed by atoms with Gasteiger partial charge in [-0.15, -0.1) is 0 Å². The van der Waals surface area contributed by atoms with Crippen LogP contribution < -0.4 is 14.8 Å². The molecule has 2 aromatic rings. The van der Waals surface area contributed by atoms with Gasteiger partial charge in [0.05, 0.1) is 11.6 Å². The summed E-state index contributed by atoms with van der Waals surface area (Å²) in [5, 5.41) is 2.74. The molecule has 1 unspecified atom stereocenters. The molecule has 0 aliphatic carbocycles. The van der Waals surface area contributed by atoms with Gasteiger partial charge in [-0.2, -0.15) is 13.2 Å². The van der Waals surface area contributed by atoms with Crippen molar-refractivity contribution < 1.29 is 32.2 Å². The summed E-state index contributed by atoms with van der Waals surface area (Å²) >= 11 is 0. The minimum atomic E-state index is -4.51. The van der Waals surface area contributed by atoms with Crippen LogP contribution in [0, 0.1) is 0 Å². The summed E-state index contributed by atoms with van der Waals surface area (Å²) < 4.78 is 50.1. The molecule has 0 spiro atoms. The van der Waals surface area contributed by atoms with Crippen molar-refractivity contribution in [3.8, 4) is 11.5 Å². The van der Waals surface area contributed by atoms with Crippen LogP contribution in [-0.4, -0.2) is 36.6 Å². The maximum Gasteiger partial charge on any atom is 0.416 e. The summed E-state index contributed by atoms with van der Waals surface area (Å²) in [5.41, 5.74) is 0.178. The molecule has 2 aliphatic rings. The van der Waals surface area contributed by atoms with E-state index in [0.717, 1.165) is 12.1 Å². The highest BCUT2D eigenvalue weighted by Gasteiger charge is 2.32. The van der Waals surface area contributed by atoms with Crippen LogP contribution in [-0.2, 0) is 15.8 Å². The molecule has 2 amide bonds. The second-order valence-corrected chi connectivity index (χ2v) is 7.57. The van der Waals surface area contributed by atoms with Crippen molar-refractivity contribution in [2.24, 2.45) is 0 Å². The summed E-state index contributed by atoms with van der Waals surface area (Å²) in [6.07, 6.45) is -0.557. The van der Waals surface area contributed by atoms with Gasteiger partial charge in [0.2, 0.25) is 18.6 Å². The average molecular weight is 446 g/mol. The summed E-state index contributed by atoms with van der Waals surface area (Å²) in [5.74, 6) is 0.622. The van der Waals surface area contributed by atoms with E-state index in [1.54, 1.807) is 29.2 Å². The van der Waals surface area contributed by atoms with Crippen LogP contribution in [0.5, 0.6) is 11.5 Å². The number of carbonyl (C=O) groups is 2. The topological polar surface area (TPSA) is 67.9 Å². The van der Waals surface area contributed by atoms with Crippen molar-refractivity contribution in [2.75, 3.05) is 19.9 Å². The zero-order valence-corrected chi connectivity index (χ0v) is 17.0. The largest absolute Gasteiger partial charge is 0.454 e. The van der Waals surface area contributed by atoms with E-state index in [1.165, 1.54) is 18.2 Å². The Morgan fingerprint density at radius 2 is 1.97 bits per heavy atom. The Bertz CT molecular complexity index is 1050. The maximum absolute atomic E-state index is 13.2. The standard InChI is InChI=1S/C23H21F3N2O4/c24-23(25,26)17-4-1-3-16(12-17)18(13-28-10-2-5-22(28)30)27-21(29)9-7-15-6-8-19-20(11-15)32-14-31-19/h1,3-4,6-9,11-12,18H,2,5,10,13-14H2,(H,27,29)/b9-7+. The number of carbonyl (C=O) groups excluding carboxylic acids is 2. The molecule has 1 fully saturated rings. The molecule has 2 aromatic carbocycles. The normalized spacial score (nSPS) is 16.6. The van der Waals surface area contributed by atoms with E-state index in [0.29, 0.717) is 36.4 Å². The number of halogens is 3. The lowest BCUT2D eigenvalue weighted by molar-refractivity contribution is -0.137. The lowest BCUT2D eigenvalue weighted by Crippen LogP contribution is -2.38. The van der Waals surface area contributed by atoms with Gasteiger partial charge < -0.3 is 19.7 Å². The van der Waals surface area contributed by atoms with E-state index in [1.807, 2.05) is 0 Å². The van der Waals surface area contributed by atoms with Crippen molar-refractivity contribution in [2.45, 2.75) is 25.1 Å². The summed E-state index contributed by atoms with van der Waals surface area (Å²) in [6, 6.07) is 9.21. The molecule has 6 nitrogen and oxygen atoms in total. The minimum absolute atomic E-state index is 0.0767. The number of ether oxygens (including phenoxy) is 2. The van der Waals surface area contributed by atoms with E-state index < -0.39 is 23.7 Å². The Hall–Kier alpha value is -3.49. The molecule has 4 rings (SSSR count). The zero-order chi connectivity index (χ0) is 22.7. The molecule has 2 heterocycles. The lowest BCUT2D eigenvalue weighted by Gasteiger charge is -2.25. The van der Waals surface area contributed by atoms with Gasteiger partial charge in [-0.3, -0.25) is 9.59 Å². The Kier molecular flexibility index (Phi) is 6.07. The monoisotopic (exact) mass is 446 g/mol. The third kappa shape index (κ3) is 5.04. The van der Waals surface area contributed by atoms with Crippen LogP contribution in [0.15, 0.2) is 48.5 Å². The molecule has 1 saturated heterocycles. The number of amides is 2. The van der Waals surface area contributed by atoms with Gasteiger partial charge in [-0.25, -0.2) is 0 Å². The Labute approximate surface area is 182 Å². The van der Waals surface area contributed by atoms with Crippen molar-refractivity contribution in [1.29, 1.82) is 0 Å². The number of hydrogen-bond donors (Lipinski definition) is 1. The van der Waals surface area contributed by atoms with Crippen LogP contribution in [0.25, 0.3) is 6.08 Å². The molecule has 32 heavy (non-hydrogen) atoms. The first kappa shape index (κ1) is 21.7. The number of alkyl halides is 3. The van der Waals surface area contributed by atoms with E-state index in [4.69, 9.17) is 9.47 Å². The first-order valence-electron chi connectivity index (χ1n) is 10.1. The molecule has 0 aromatic heterocycles. The molecule has 168 valence electrons. The van der Waals surface area contributed by atoms with Crippen molar-refractivity contribution in [1.82, 2.24) is 10.2 Å². The highest BCUT2D eigenvalue weighted by Crippen LogP contribution is 2.33. The van der Waals surface area contributed by atoms with Gasteiger partial charge in [-0.05, 0) is 47.9 Å². The average Bonchev–Trinajstić information content (AvgIpc) is 3.39. The fourth-order valence-corrected chi connectivity index (χ4v) is 3.69. The third-order valence-electron chi connectivity index (χ3n) is 5.33. The quantitative estimate of drug-likeness (QED) is 0.683. The molecule has 1 N–H and O–H groups in total. The first-order chi connectivity index (χ1) is 15.3. The fourth-order valence-electron chi connectivity index (χ4n) is 3.69. The van der Waals surface area contributed by atoms with Crippen LogP contribution in [0.4, 0.5) is 13.2 Å². The van der Waals surface area contributed by atoms with Crippen LogP contribution in [0.2, 0.25) is 0 Å². The Balaban J connectivity index is 1.52. The smallest absolute Gasteiger partial charge is 0.416 e. The molecule has 0 bridgehead atoms.